The summed E-state index contributed by atoms with van der Waals surface area (Å²) < 4.78 is 5.76. The highest BCUT2D eigenvalue weighted by Crippen LogP contribution is 2.16. The van der Waals surface area contributed by atoms with Crippen molar-refractivity contribution in [3.63, 3.8) is 0 Å². The first-order valence-corrected chi connectivity index (χ1v) is 7.49. The van der Waals surface area contributed by atoms with Crippen molar-refractivity contribution in [3.05, 3.63) is 65.7 Å². The summed E-state index contributed by atoms with van der Waals surface area (Å²) in [5.41, 5.74) is 2.47. The van der Waals surface area contributed by atoms with Gasteiger partial charge in [0.15, 0.2) is 0 Å². The molecule has 0 atom stereocenters. The Morgan fingerprint density at radius 2 is 1.62 bits per heavy atom. The number of benzene rings is 2. The molecule has 0 N–H and O–H groups in total. The highest BCUT2D eigenvalue weighted by atomic mass is 16.5. The molecular weight excluding hydrogens is 260 g/mol. The number of Topliss-reactive ketones (excluding diaryl/α,β-unsaturated/α-hetero) is 1. The molecule has 0 saturated carbocycles. The SMILES string of the molecule is CC(=O)CCCCc1ccc(OCc2ccccc2)cc1. The molecule has 2 aromatic carbocycles. The van der Waals surface area contributed by atoms with Gasteiger partial charge in [0.05, 0.1) is 0 Å². The minimum absolute atomic E-state index is 0.277. The average molecular weight is 282 g/mol. The van der Waals surface area contributed by atoms with Crippen LogP contribution in [0.4, 0.5) is 0 Å². The lowest BCUT2D eigenvalue weighted by atomic mass is 10.1. The van der Waals surface area contributed by atoms with E-state index in [2.05, 4.69) is 24.3 Å². The summed E-state index contributed by atoms with van der Waals surface area (Å²) in [6, 6.07) is 18.4. The zero-order valence-electron chi connectivity index (χ0n) is 12.5. The smallest absolute Gasteiger partial charge is 0.129 e. The van der Waals surface area contributed by atoms with Crippen molar-refractivity contribution in [1.82, 2.24) is 0 Å². The van der Waals surface area contributed by atoms with Gasteiger partial charge in [-0.25, -0.2) is 0 Å². The van der Waals surface area contributed by atoms with Crippen molar-refractivity contribution in [2.75, 3.05) is 0 Å². The third-order valence-electron chi connectivity index (χ3n) is 3.42. The Morgan fingerprint density at radius 3 is 2.29 bits per heavy atom. The maximum absolute atomic E-state index is 10.9. The molecule has 21 heavy (non-hydrogen) atoms. The van der Waals surface area contributed by atoms with Gasteiger partial charge in [-0.05, 0) is 49.4 Å². The molecule has 0 aliphatic rings. The number of ether oxygens (including phenoxy) is 1. The van der Waals surface area contributed by atoms with E-state index in [1.165, 1.54) is 11.1 Å². The molecule has 0 amide bonds. The van der Waals surface area contributed by atoms with Crippen LogP contribution in [0.3, 0.4) is 0 Å². The number of aryl methyl sites for hydroxylation is 1. The third-order valence-corrected chi connectivity index (χ3v) is 3.42. The van der Waals surface area contributed by atoms with Gasteiger partial charge in [-0.15, -0.1) is 0 Å². The first kappa shape index (κ1) is 15.3. The number of hydrogen-bond donors (Lipinski definition) is 0. The van der Waals surface area contributed by atoms with Gasteiger partial charge in [-0.1, -0.05) is 42.5 Å². The normalized spacial score (nSPS) is 10.3. The van der Waals surface area contributed by atoms with E-state index in [9.17, 15) is 4.79 Å². The Hall–Kier alpha value is -2.09. The molecule has 110 valence electrons. The predicted molar refractivity (Wildman–Crippen MR) is 85.5 cm³/mol. The van der Waals surface area contributed by atoms with E-state index in [-0.39, 0.29) is 5.78 Å². The second-order valence-corrected chi connectivity index (χ2v) is 5.33. The Kier molecular flexibility index (Phi) is 6.01. The highest BCUT2D eigenvalue weighted by Gasteiger charge is 1.98. The van der Waals surface area contributed by atoms with E-state index in [0.29, 0.717) is 13.0 Å². The molecule has 0 aliphatic carbocycles. The van der Waals surface area contributed by atoms with Crippen LogP contribution in [0.2, 0.25) is 0 Å². The lowest BCUT2D eigenvalue weighted by molar-refractivity contribution is -0.117. The van der Waals surface area contributed by atoms with E-state index < -0.39 is 0 Å². The minimum Gasteiger partial charge on any atom is -0.489 e. The van der Waals surface area contributed by atoms with E-state index in [4.69, 9.17) is 4.74 Å². The molecule has 0 heterocycles. The Labute approximate surface area is 126 Å². The Morgan fingerprint density at radius 1 is 0.905 bits per heavy atom. The van der Waals surface area contributed by atoms with Gasteiger partial charge < -0.3 is 9.53 Å². The van der Waals surface area contributed by atoms with E-state index in [1.54, 1.807) is 6.92 Å². The van der Waals surface area contributed by atoms with Gasteiger partial charge in [0.25, 0.3) is 0 Å². The van der Waals surface area contributed by atoms with Crippen molar-refractivity contribution < 1.29 is 9.53 Å². The molecule has 0 aromatic heterocycles. The van der Waals surface area contributed by atoms with E-state index in [0.717, 1.165) is 25.0 Å². The molecule has 0 saturated heterocycles. The number of rotatable bonds is 8. The van der Waals surface area contributed by atoms with Crippen LogP contribution < -0.4 is 4.74 Å². The molecule has 2 nitrogen and oxygen atoms in total. The number of carbonyl (C=O) groups excluding carboxylic acids is 1. The largest absolute Gasteiger partial charge is 0.489 e. The zero-order valence-corrected chi connectivity index (χ0v) is 12.5. The molecule has 2 heteroatoms. The maximum Gasteiger partial charge on any atom is 0.129 e. The van der Waals surface area contributed by atoms with Crippen molar-refractivity contribution in [2.45, 2.75) is 39.2 Å². The maximum atomic E-state index is 10.9. The number of carbonyl (C=O) groups is 1. The fourth-order valence-corrected chi connectivity index (χ4v) is 2.20. The zero-order chi connectivity index (χ0) is 14.9. The van der Waals surface area contributed by atoms with Gasteiger partial charge in [-0.3, -0.25) is 0 Å². The molecular formula is C19H22O2. The molecule has 0 bridgehead atoms. The topological polar surface area (TPSA) is 26.3 Å². The van der Waals surface area contributed by atoms with E-state index >= 15 is 0 Å². The van der Waals surface area contributed by atoms with Gasteiger partial charge in [0.2, 0.25) is 0 Å². The lowest BCUT2D eigenvalue weighted by Gasteiger charge is -2.07. The second-order valence-electron chi connectivity index (χ2n) is 5.33. The Bertz CT molecular complexity index is 544. The number of unbranched alkanes of at least 4 members (excludes halogenated alkanes) is 1. The average Bonchev–Trinajstić information content (AvgIpc) is 2.51. The van der Waals surface area contributed by atoms with Crippen LogP contribution in [0.1, 0.15) is 37.3 Å². The van der Waals surface area contributed by atoms with Crippen molar-refractivity contribution >= 4 is 5.78 Å². The van der Waals surface area contributed by atoms with Crippen molar-refractivity contribution in [3.8, 4) is 5.75 Å². The quantitative estimate of drug-likeness (QED) is 0.663. The summed E-state index contributed by atoms with van der Waals surface area (Å²) in [5, 5.41) is 0. The van der Waals surface area contributed by atoms with Gasteiger partial charge in [0.1, 0.15) is 18.1 Å². The van der Waals surface area contributed by atoms with Crippen LogP contribution in [0, 0.1) is 0 Å². The second kappa shape index (κ2) is 8.25. The molecule has 0 fully saturated rings. The van der Waals surface area contributed by atoms with Crippen LogP contribution >= 0.6 is 0 Å². The summed E-state index contributed by atoms with van der Waals surface area (Å²) in [7, 11) is 0. The molecule has 2 rings (SSSR count). The summed E-state index contributed by atoms with van der Waals surface area (Å²) in [6.45, 7) is 2.25. The molecule has 2 aromatic rings. The van der Waals surface area contributed by atoms with Crippen molar-refractivity contribution in [2.24, 2.45) is 0 Å². The van der Waals surface area contributed by atoms with Crippen LogP contribution in [0.15, 0.2) is 54.6 Å². The van der Waals surface area contributed by atoms with E-state index in [1.807, 2.05) is 30.3 Å². The number of hydrogen-bond acceptors (Lipinski definition) is 2. The fraction of sp³-hybridized carbons (Fsp3) is 0.316. The first-order valence-electron chi connectivity index (χ1n) is 7.49. The molecule has 0 radical (unpaired) electrons. The molecule has 0 unspecified atom stereocenters. The predicted octanol–water partition coefficient (Wildman–Crippen LogP) is 4.57. The lowest BCUT2D eigenvalue weighted by Crippen LogP contribution is -1.95. The monoisotopic (exact) mass is 282 g/mol. The fourth-order valence-electron chi connectivity index (χ4n) is 2.20. The van der Waals surface area contributed by atoms with Crippen LogP contribution in [-0.2, 0) is 17.8 Å². The van der Waals surface area contributed by atoms with Gasteiger partial charge >= 0.3 is 0 Å². The highest BCUT2D eigenvalue weighted by molar-refractivity contribution is 5.75. The summed E-state index contributed by atoms with van der Waals surface area (Å²) in [4.78, 5) is 10.9. The third kappa shape index (κ3) is 5.82. The molecule has 0 aliphatic heterocycles. The summed E-state index contributed by atoms with van der Waals surface area (Å²) in [5.74, 6) is 1.17. The van der Waals surface area contributed by atoms with Gasteiger partial charge in [0, 0.05) is 6.42 Å². The standard InChI is InChI=1S/C19H22O2/c1-16(20)7-5-6-8-17-11-13-19(14-12-17)21-15-18-9-3-2-4-10-18/h2-4,9-14H,5-8,15H2,1H3. The van der Waals surface area contributed by atoms with Crippen LogP contribution in [0.5, 0.6) is 5.75 Å². The van der Waals surface area contributed by atoms with Crippen molar-refractivity contribution in [1.29, 1.82) is 0 Å². The first-order chi connectivity index (χ1) is 10.2. The molecule has 0 spiro atoms. The number of ketones is 1. The van der Waals surface area contributed by atoms with Gasteiger partial charge in [-0.2, -0.15) is 0 Å². The van der Waals surface area contributed by atoms with Crippen LogP contribution in [-0.4, -0.2) is 5.78 Å². The van der Waals surface area contributed by atoms with Crippen LogP contribution in [0.25, 0.3) is 0 Å². The minimum atomic E-state index is 0.277. The summed E-state index contributed by atoms with van der Waals surface area (Å²) in [6.07, 6.45) is 3.75. The summed E-state index contributed by atoms with van der Waals surface area (Å²) >= 11 is 0. The Balaban J connectivity index is 1.75.